The molecule has 1 aliphatic rings. The summed E-state index contributed by atoms with van der Waals surface area (Å²) in [7, 11) is 0. The lowest BCUT2D eigenvalue weighted by molar-refractivity contribution is 0.600. The van der Waals surface area contributed by atoms with Crippen molar-refractivity contribution < 1.29 is 4.42 Å². The Hall–Kier alpha value is -3.06. The number of para-hydroxylation sites is 1. The van der Waals surface area contributed by atoms with Gasteiger partial charge in [0.25, 0.3) is 0 Å². The van der Waals surface area contributed by atoms with Gasteiger partial charge in [0.05, 0.1) is 0 Å². The molecule has 0 bridgehead atoms. The number of rotatable bonds is 1. The highest BCUT2D eigenvalue weighted by Gasteiger charge is 2.20. The molecule has 0 amide bonds. The second-order valence-corrected chi connectivity index (χ2v) is 6.20. The van der Waals surface area contributed by atoms with Gasteiger partial charge < -0.3 is 4.42 Å². The van der Waals surface area contributed by atoms with Crippen LogP contribution in [-0.2, 0) is 6.42 Å². The van der Waals surface area contributed by atoms with Crippen LogP contribution in [0, 0.1) is 0 Å². The van der Waals surface area contributed by atoms with E-state index in [0.29, 0.717) is 0 Å². The third-order valence-corrected chi connectivity index (χ3v) is 4.76. The molecule has 0 radical (unpaired) electrons. The van der Waals surface area contributed by atoms with E-state index < -0.39 is 0 Å². The molecular weight excluding hydrogens is 292 g/mol. The smallest absolute Gasteiger partial charge is 0.135 e. The van der Waals surface area contributed by atoms with Crippen molar-refractivity contribution in [2.75, 3.05) is 0 Å². The van der Waals surface area contributed by atoms with Crippen LogP contribution in [0.3, 0.4) is 0 Å². The van der Waals surface area contributed by atoms with Crippen LogP contribution in [0.2, 0.25) is 0 Å². The molecular formula is C23H16O. The highest BCUT2D eigenvalue weighted by Crippen LogP contribution is 2.38. The third kappa shape index (κ3) is 2.02. The molecule has 24 heavy (non-hydrogen) atoms. The second-order valence-electron chi connectivity index (χ2n) is 6.20. The van der Waals surface area contributed by atoms with E-state index in [0.717, 1.165) is 17.8 Å². The van der Waals surface area contributed by atoms with Crippen LogP contribution in [-0.4, -0.2) is 0 Å². The van der Waals surface area contributed by atoms with Crippen molar-refractivity contribution in [3.05, 3.63) is 107 Å². The Labute approximate surface area is 140 Å². The van der Waals surface area contributed by atoms with Crippen molar-refractivity contribution in [2.24, 2.45) is 0 Å². The zero-order chi connectivity index (χ0) is 15.9. The van der Waals surface area contributed by atoms with Gasteiger partial charge in [0, 0.05) is 17.4 Å². The number of hydrogen-bond acceptors (Lipinski definition) is 1. The molecule has 114 valence electrons. The molecule has 0 fully saturated rings. The van der Waals surface area contributed by atoms with Crippen LogP contribution in [0.15, 0.2) is 83.3 Å². The van der Waals surface area contributed by atoms with Crippen LogP contribution in [0.5, 0.6) is 0 Å². The number of furan rings is 1. The minimum Gasteiger partial charge on any atom is -0.456 e. The molecule has 0 atom stereocenters. The molecule has 1 heterocycles. The summed E-state index contributed by atoms with van der Waals surface area (Å²) in [5, 5.41) is 1.22. The van der Waals surface area contributed by atoms with Crippen molar-refractivity contribution in [2.45, 2.75) is 6.42 Å². The molecule has 5 rings (SSSR count). The summed E-state index contributed by atoms with van der Waals surface area (Å²) in [5.74, 6) is 0.978. The van der Waals surface area contributed by atoms with Gasteiger partial charge >= 0.3 is 0 Å². The largest absolute Gasteiger partial charge is 0.456 e. The Balaban J connectivity index is 1.84. The van der Waals surface area contributed by atoms with Crippen LogP contribution in [0.25, 0.3) is 22.6 Å². The van der Waals surface area contributed by atoms with Gasteiger partial charge in [-0.05, 0) is 34.4 Å². The first kappa shape index (κ1) is 13.4. The molecule has 0 aliphatic heterocycles. The summed E-state index contributed by atoms with van der Waals surface area (Å²) < 4.78 is 6.18. The van der Waals surface area contributed by atoms with Crippen LogP contribution >= 0.6 is 0 Å². The first-order chi connectivity index (χ1) is 11.9. The lowest BCUT2D eigenvalue weighted by atomic mass is 9.93. The normalized spacial score (nSPS) is 13.1. The van der Waals surface area contributed by atoms with Crippen molar-refractivity contribution in [3.8, 4) is 0 Å². The fourth-order valence-corrected chi connectivity index (χ4v) is 3.61. The van der Waals surface area contributed by atoms with E-state index >= 15 is 0 Å². The SMILES string of the molecule is C1=C(c2ccccc2)c2ccccc2Cc2c1oc1ccccc21. The molecule has 4 aromatic rings. The van der Waals surface area contributed by atoms with Gasteiger partial charge in [-0.25, -0.2) is 0 Å². The van der Waals surface area contributed by atoms with E-state index in [4.69, 9.17) is 4.42 Å². The zero-order valence-corrected chi connectivity index (χ0v) is 13.2. The highest BCUT2D eigenvalue weighted by molar-refractivity contribution is 5.96. The summed E-state index contributed by atoms with van der Waals surface area (Å²) >= 11 is 0. The molecule has 0 saturated heterocycles. The number of fused-ring (bicyclic) bond motifs is 4. The van der Waals surface area contributed by atoms with E-state index in [-0.39, 0.29) is 0 Å². The summed E-state index contributed by atoms with van der Waals surface area (Å²) in [6.07, 6.45) is 3.10. The van der Waals surface area contributed by atoms with E-state index in [2.05, 4.69) is 72.8 Å². The third-order valence-electron chi connectivity index (χ3n) is 4.76. The lowest BCUT2D eigenvalue weighted by Crippen LogP contribution is -1.93. The standard InChI is InChI=1S/C23H16O/c1-2-8-16(9-3-1)20-15-23-21(14-17-10-4-5-11-18(17)20)19-12-6-7-13-22(19)24-23/h1-13,15H,14H2. The van der Waals surface area contributed by atoms with Crippen LogP contribution < -0.4 is 0 Å². The van der Waals surface area contributed by atoms with Gasteiger partial charge in [-0.1, -0.05) is 72.8 Å². The minimum atomic E-state index is 0.898. The first-order valence-electron chi connectivity index (χ1n) is 8.26. The maximum Gasteiger partial charge on any atom is 0.135 e. The van der Waals surface area contributed by atoms with Gasteiger partial charge in [0.15, 0.2) is 0 Å². The molecule has 0 spiro atoms. The first-order valence-corrected chi connectivity index (χ1v) is 8.26. The molecule has 0 unspecified atom stereocenters. The topological polar surface area (TPSA) is 13.1 Å². The quantitative estimate of drug-likeness (QED) is 0.374. The zero-order valence-electron chi connectivity index (χ0n) is 13.2. The predicted octanol–water partition coefficient (Wildman–Crippen LogP) is 5.93. The van der Waals surface area contributed by atoms with E-state index in [1.807, 2.05) is 12.1 Å². The molecule has 0 N–H and O–H groups in total. The van der Waals surface area contributed by atoms with Crippen molar-refractivity contribution >= 4 is 22.6 Å². The van der Waals surface area contributed by atoms with Gasteiger partial charge in [-0.2, -0.15) is 0 Å². The minimum absolute atomic E-state index is 0.898. The summed E-state index contributed by atoms with van der Waals surface area (Å²) in [6, 6.07) is 27.5. The average Bonchev–Trinajstić information content (AvgIpc) is 2.89. The fraction of sp³-hybridized carbons (Fsp3) is 0.0435. The summed E-state index contributed by atoms with van der Waals surface area (Å²) in [4.78, 5) is 0. The van der Waals surface area contributed by atoms with Crippen LogP contribution in [0.1, 0.15) is 28.0 Å². The molecule has 1 heteroatoms. The van der Waals surface area contributed by atoms with Crippen molar-refractivity contribution in [3.63, 3.8) is 0 Å². The Morgan fingerprint density at radius 3 is 2.38 bits per heavy atom. The monoisotopic (exact) mass is 308 g/mol. The second kappa shape index (κ2) is 5.24. The molecule has 0 saturated carbocycles. The Morgan fingerprint density at radius 1 is 0.708 bits per heavy atom. The summed E-state index contributed by atoms with van der Waals surface area (Å²) in [5.41, 5.74) is 7.33. The van der Waals surface area contributed by atoms with Gasteiger partial charge in [-0.15, -0.1) is 0 Å². The van der Waals surface area contributed by atoms with E-state index in [1.165, 1.54) is 33.2 Å². The Morgan fingerprint density at radius 2 is 1.46 bits per heavy atom. The van der Waals surface area contributed by atoms with E-state index in [1.54, 1.807) is 0 Å². The maximum atomic E-state index is 6.18. The predicted molar refractivity (Wildman–Crippen MR) is 98.9 cm³/mol. The Bertz CT molecular complexity index is 1070. The summed E-state index contributed by atoms with van der Waals surface area (Å²) in [6.45, 7) is 0. The molecule has 1 aromatic heterocycles. The lowest BCUT2D eigenvalue weighted by Gasteiger charge is -2.11. The molecule has 1 aliphatic carbocycles. The van der Waals surface area contributed by atoms with Crippen molar-refractivity contribution in [1.82, 2.24) is 0 Å². The maximum absolute atomic E-state index is 6.18. The van der Waals surface area contributed by atoms with Gasteiger partial charge in [0.1, 0.15) is 11.3 Å². The fourth-order valence-electron chi connectivity index (χ4n) is 3.61. The number of hydrogen-bond donors (Lipinski definition) is 0. The van der Waals surface area contributed by atoms with Crippen LogP contribution in [0.4, 0.5) is 0 Å². The van der Waals surface area contributed by atoms with Gasteiger partial charge in [0.2, 0.25) is 0 Å². The Kier molecular flexibility index (Phi) is 2.92. The van der Waals surface area contributed by atoms with Gasteiger partial charge in [-0.3, -0.25) is 0 Å². The number of benzene rings is 3. The van der Waals surface area contributed by atoms with E-state index in [9.17, 15) is 0 Å². The molecule has 3 aromatic carbocycles. The average molecular weight is 308 g/mol. The van der Waals surface area contributed by atoms with Crippen molar-refractivity contribution in [1.29, 1.82) is 0 Å². The highest BCUT2D eigenvalue weighted by atomic mass is 16.3. The molecule has 1 nitrogen and oxygen atoms in total.